The first-order valence-corrected chi connectivity index (χ1v) is 44.0. The predicted octanol–water partition coefficient (Wildman–Crippen LogP) is 33.2. The molecule has 0 aliphatic heterocycles. The van der Waals surface area contributed by atoms with Gasteiger partial charge >= 0.3 is 0 Å². The van der Waals surface area contributed by atoms with Gasteiger partial charge in [0.15, 0.2) is 0 Å². The van der Waals surface area contributed by atoms with Crippen LogP contribution in [0.25, 0.3) is 253 Å². The summed E-state index contributed by atoms with van der Waals surface area (Å²) in [5.41, 5.74) is 25.5. The first kappa shape index (κ1) is 69.5. The minimum atomic E-state index is 0.887. The molecule has 7 nitrogen and oxygen atoms in total. The van der Waals surface area contributed by atoms with Crippen molar-refractivity contribution in [3.63, 3.8) is 0 Å². The van der Waals surface area contributed by atoms with Crippen LogP contribution in [-0.2, 0) is 0 Å². The van der Waals surface area contributed by atoms with E-state index in [2.05, 4.69) is 390 Å². The molecule has 10 aromatic heterocycles. The van der Waals surface area contributed by atoms with E-state index in [-0.39, 0.29) is 0 Å². The zero-order chi connectivity index (χ0) is 80.5. The molecular weight excluding hydrogens is 1560 g/mol. The number of nitrogens with zero attached hydrogens (tertiary/aromatic N) is 4. The highest BCUT2D eigenvalue weighted by Crippen LogP contribution is 2.50. The quantitative estimate of drug-likeness (QED) is 0.159. The summed E-state index contributed by atoms with van der Waals surface area (Å²) in [6, 6.07) is 141. The average Bonchev–Trinajstić information content (AvgIpc) is 1.59. The Morgan fingerprint density at radius 3 is 1.07 bits per heavy atom. The van der Waals surface area contributed by atoms with Crippen LogP contribution in [0.1, 0.15) is 0 Å². The van der Waals surface area contributed by atoms with Crippen LogP contribution in [0.4, 0.5) is 0 Å². The Hall–Kier alpha value is -15.4. The molecule has 28 rings (SSSR count). The molecule has 0 aliphatic carbocycles. The van der Waals surface area contributed by atoms with E-state index >= 15 is 0 Å². The highest BCUT2D eigenvalue weighted by atomic mass is 32.1. The number of hydrogen-bond acceptors (Lipinski definition) is 7. The number of aromatic nitrogens is 4. The molecule has 28 aromatic rings. The number of benzene rings is 18. The fourth-order valence-electron chi connectivity index (χ4n) is 19.6. The van der Waals surface area contributed by atoms with Crippen molar-refractivity contribution < 1.29 is 13.3 Å². The maximum Gasteiger partial charge on any atom is 0.145 e. The molecule has 10 heteroatoms. The Morgan fingerprint density at radius 2 is 0.545 bits per heavy atom. The van der Waals surface area contributed by atoms with Crippen molar-refractivity contribution in [2.75, 3.05) is 0 Å². The third kappa shape index (κ3) is 10.8. The second-order valence-corrected chi connectivity index (χ2v) is 34.9. The lowest BCUT2D eigenvalue weighted by molar-refractivity contribution is 0.669. The smallest absolute Gasteiger partial charge is 0.145 e. The molecule has 0 aliphatic rings. The van der Waals surface area contributed by atoms with Gasteiger partial charge in [0, 0.05) is 182 Å². The molecule has 0 N–H and O–H groups in total. The first-order valence-electron chi connectivity index (χ1n) is 41.5. The summed E-state index contributed by atoms with van der Waals surface area (Å²) in [5.74, 6) is 0. The van der Waals surface area contributed by atoms with E-state index in [0.717, 1.165) is 105 Å². The van der Waals surface area contributed by atoms with Crippen LogP contribution in [0.2, 0.25) is 0 Å². The maximum atomic E-state index is 6.59. The molecule has 123 heavy (non-hydrogen) atoms. The van der Waals surface area contributed by atoms with Gasteiger partial charge in [-0.05, 0) is 132 Å². The van der Waals surface area contributed by atoms with Crippen molar-refractivity contribution in [3.8, 4) is 61.6 Å². The van der Waals surface area contributed by atoms with Crippen LogP contribution in [-0.4, -0.2) is 18.7 Å². The Balaban J connectivity index is 0.0000000993. The van der Waals surface area contributed by atoms with E-state index < -0.39 is 0 Å². The Kier molecular flexibility index (Phi) is 15.6. The minimum Gasteiger partial charge on any atom is -0.455 e. The number of rotatable bonds is 7. The molecule has 574 valence electrons. The highest BCUT2D eigenvalue weighted by Gasteiger charge is 2.24. The Bertz CT molecular complexity index is 8810. The molecule has 0 fully saturated rings. The average molecular weight is 1620 g/mol. The van der Waals surface area contributed by atoms with Crippen molar-refractivity contribution in [3.05, 3.63) is 401 Å². The van der Waals surface area contributed by atoms with Gasteiger partial charge < -0.3 is 22.4 Å². The minimum absolute atomic E-state index is 0.887. The molecule has 0 unspecified atom stereocenters. The van der Waals surface area contributed by atoms with Crippen molar-refractivity contribution in [2.24, 2.45) is 0 Å². The molecule has 0 radical (unpaired) electrons. The summed E-state index contributed by atoms with van der Waals surface area (Å²) in [5, 5.41) is 22.0. The fraction of sp³-hybridized carbons (Fsp3) is 0. The number of fused-ring (bicyclic) bond motifs is 27. The zero-order valence-corrected chi connectivity index (χ0v) is 68.3. The van der Waals surface area contributed by atoms with Crippen LogP contribution < -0.4 is 0 Å². The molecule has 0 bridgehead atoms. The molecular formula is C113H66N4O3S3. The second kappa shape index (κ2) is 27.6. The van der Waals surface area contributed by atoms with Gasteiger partial charge in [-0.2, -0.15) is 0 Å². The van der Waals surface area contributed by atoms with Gasteiger partial charge in [0.1, 0.15) is 39.1 Å². The van der Waals surface area contributed by atoms with Gasteiger partial charge in [-0.3, -0.25) is 4.57 Å². The fourth-order valence-corrected chi connectivity index (χ4v) is 23.3. The normalized spacial score (nSPS) is 12.1. The summed E-state index contributed by atoms with van der Waals surface area (Å²) in [4.78, 5) is 4.77. The van der Waals surface area contributed by atoms with Gasteiger partial charge in [0.05, 0.1) is 27.6 Å². The number of pyridine rings is 1. The number of thiophene rings is 3. The molecule has 0 spiro atoms. The number of para-hydroxylation sites is 9. The van der Waals surface area contributed by atoms with E-state index in [4.69, 9.17) is 18.2 Å². The second-order valence-electron chi connectivity index (χ2n) is 31.8. The van der Waals surface area contributed by atoms with Crippen LogP contribution in [0.3, 0.4) is 0 Å². The lowest BCUT2D eigenvalue weighted by Crippen LogP contribution is -1.94. The zero-order valence-electron chi connectivity index (χ0n) is 65.8. The topological polar surface area (TPSA) is 67.1 Å². The summed E-state index contributed by atoms with van der Waals surface area (Å²) in [7, 11) is 0. The van der Waals surface area contributed by atoms with Crippen LogP contribution in [0, 0.1) is 0 Å². The monoisotopic (exact) mass is 1620 g/mol. The van der Waals surface area contributed by atoms with Crippen molar-refractivity contribution >= 4 is 226 Å². The molecule has 0 amide bonds. The highest BCUT2D eigenvalue weighted by molar-refractivity contribution is 7.27. The summed E-state index contributed by atoms with van der Waals surface area (Å²) in [6.07, 6.45) is 1.87. The molecule has 0 atom stereocenters. The van der Waals surface area contributed by atoms with E-state index in [9.17, 15) is 0 Å². The van der Waals surface area contributed by atoms with Gasteiger partial charge in [-0.1, -0.05) is 273 Å². The SMILES string of the molecule is c1ccc(-c2ccc3c(c2)c2ccccc2n3-c2ccc3sc4c(-c5cccc6c5oc5ccccc56)cccc4c3c2)cc1.c1ccc2c(c1)oc1c(-c3cccc4c3sc3ccc(-n5c6ccccc6c6ccccc65)cc34)cccc12.c1ccc2c(c1)sc1c(-c3cccc4c3oc3ccc(-n5c6ccccc6c6cccnc65)cc34)cccc12. The van der Waals surface area contributed by atoms with Crippen LogP contribution in [0.15, 0.2) is 414 Å². The predicted molar refractivity (Wildman–Crippen MR) is 522 cm³/mol. The number of furan rings is 3. The lowest BCUT2D eigenvalue weighted by Gasteiger charge is -2.09. The third-order valence-electron chi connectivity index (χ3n) is 25.1. The largest absolute Gasteiger partial charge is 0.455 e. The van der Waals surface area contributed by atoms with Gasteiger partial charge in [-0.25, -0.2) is 4.98 Å². The van der Waals surface area contributed by atoms with Crippen molar-refractivity contribution in [1.82, 2.24) is 18.7 Å². The van der Waals surface area contributed by atoms with E-state index in [1.54, 1.807) is 0 Å². The van der Waals surface area contributed by atoms with Gasteiger partial charge in [0.2, 0.25) is 0 Å². The standard InChI is InChI=1S/C42H25NOS.C36H21NOS.C35H20N2OS/c1-2-10-26(11-3-1)27-20-22-38-35(24-27)29-12-4-6-18-37(29)43(38)28-21-23-40-36(25-28)34-17-9-16-33(42(34)45-40)32-15-8-14-31-30-13-5-7-19-39(30)44-41(31)32;1-4-16-31-23(9-1)24-10-2-5-17-32(24)37(31)22-19-20-34-30(21-22)29-15-8-14-28(36(29)39-34)27-13-7-12-26-25-11-3-6-18-33(25)38-35(26)27;1-3-15-30-22(8-1)28-14-7-19-36-35(28)37(30)21-17-18-31-29(20-21)25-11-5-10-24(33(25)38-31)27-13-6-12-26-23-9-2-4-16-32(23)39-34(26)27/h1-25H;1-21H;1-20H. The Morgan fingerprint density at radius 1 is 0.195 bits per heavy atom. The molecule has 18 aromatic carbocycles. The van der Waals surface area contributed by atoms with Gasteiger partial charge in [-0.15, -0.1) is 34.0 Å². The van der Waals surface area contributed by atoms with Crippen molar-refractivity contribution in [1.29, 1.82) is 0 Å². The summed E-state index contributed by atoms with van der Waals surface area (Å²) in [6.45, 7) is 0. The maximum absolute atomic E-state index is 6.59. The van der Waals surface area contributed by atoms with E-state index in [0.29, 0.717) is 0 Å². The third-order valence-corrected chi connectivity index (χ3v) is 28.8. The van der Waals surface area contributed by atoms with Crippen LogP contribution in [0.5, 0.6) is 0 Å². The van der Waals surface area contributed by atoms with E-state index in [1.807, 2.05) is 58.4 Å². The molecule has 0 saturated carbocycles. The summed E-state index contributed by atoms with van der Waals surface area (Å²) >= 11 is 5.57. The Labute approximate surface area is 714 Å². The first-order chi connectivity index (χ1) is 61.0. The van der Waals surface area contributed by atoms with Crippen molar-refractivity contribution in [2.45, 2.75) is 0 Å². The molecule has 0 saturated heterocycles. The number of hydrogen-bond donors (Lipinski definition) is 0. The van der Waals surface area contributed by atoms with Gasteiger partial charge in [0.25, 0.3) is 0 Å². The summed E-state index contributed by atoms with van der Waals surface area (Å²) < 4.78 is 34.3. The van der Waals surface area contributed by atoms with Crippen LogP contribution >= 0.6 is 34.0 Å². The molecule has 10 heterocycles. The van der Waals surface area contributed by atoms with E-state index in [1.165, 1.54) is 149 Å². The lowest BCUT2D eigenvalue weighted by atomic mass is 10.00.